The molecule has 82 valence electrons. The summed E-state index contributed by atoms with van der Waals surface area (Å²) in [5.41, 5.74) is 0. The molecule has 1 aliphatic heterocycles. The second-order valence-electron chi connectivity index (χ2n) is 3.09. The third kappa shape index (κ3) is 3.19. The van der Waals surface area contributed by atoms with Crippen LogP contribution in [0.2, 0.25) is 5.02 Å². The smallest absolute Gasteiger partial charge is 0.147 e. The zero-order valence-corrected chi connectivity index (χ0v) is 11.9. The van der Waals surface area contributed by atoms with Gasteiger partial charge in [0.1, 0.15) is 5.82 Å². The van der Waals surface area contributed by atoms with Crippen molar-refractivity contribution in [3.05, 3.63) is 21.8 Å². The first-order chi connectivity index (χ1) is 7.27. The van der Waals surface area contributed by atoms with Crippen molar-refractivity contribution in [3.63, 3.8) is 0 Å². The molecule has 0 aromatic carbocycles. The van der Waals surface area contributed by atoms with Crippen molar-refractivity contribution >= 4 is 54.9 Å². The Bertz CT molecular complexity index is 343. The maximum Gasteiger partial charge on any atom is 0.147 e. The largest absolute Gasteiger partial charge is 0.354 e. The molecule has 0 saturated carbocycles. The van der Waals surface area contributed by atoms with Gasteiger partial charge >= 0.3 is 0 Å². The second-order valence-corrected chi connectivity index (χ2v) is 7.11. The molecule has 15 heavy (non-hydrogen) atoms. The van der Waals surface area contributed by atoms with E-state index in [-0.39, 0.29) is 0 Å². The molecule has 2 nitrogen and oxygen atoms in total. The van der Waals surface area contributed by atoms with E-state index in [1.807, 2.05) is 27.7 Å². The minimum atomic E-state index is 0.723. The number of anilines is 1. The molecule has 0 unspecified atom stereocenters. The predicted octanol–water partition coefficient (Wildman–Crippen LogP) is 3.70. The average Bonchev–Trinajstić information content (AvgIpc) is 2.46. The van der Waals surface area contributed by atoms with Gasteiger partial charge in [0, 0.05) is 35.3 Å². The molecule has 6 heteroatoms. The van der Waals surface area contributed by atoms with Crippen LogP contribution in [0.5, 0.6) is 0 Å². The number of nitrogens with zero attached hydrogens (tertiary/aromatic N) is 2. The Balaban J connectivity index is 2.19. The van der Waals surface area contributed by atoms with Crippen LogP contribution in [0.1, 0.15) is 0 Å². The van der Waals surface area contributed by atoms with E-state index < -0.39 is 0 Å². The molecule has 2 heterocycles. The third-order valence-corrected chi connectivity index (χ3v) is 5.14. The Morgan fingerprint density at radius 2 is 2.00 bits per heavy atom. The summed E-state index contributed by atoms with van der Waals surface area (Å²) in [6, 6.07) is 1.90. The van der Waals surface area contributed by atoms with Crippen LogP contribution >= 0.6 is 49.1 Å². The lowest BCUT2D eigenvalue weighted by Gasteiger charge is -2.21. The van der Waals surface area contributed by atoms with Crippen LogP contribution < -0.4 is 4.90 Å². The molecular weight excluding hydrogens is 316 g/mol. The summed E-state index contributed by atoms with van der Waals surface area (Å²) in [5.74, 6) is 3.15. The van der Waals surface area contributed by atoms with Gasteiger partial charge in [-0.1, -0.05) is 33.2 Å². The number of pyridine rings is 1. The molecule has 0 amide bonds. The van der Waals surface area contributed by atoms with Gasteiger partial charge in [0.25, 0.3) is 0 Å². The van der Waals surface area contributed by atoms with E-state index in [0.29, 0.717) is 0 Å². The van der Waals surface area contributed by atoms with E-state index in [4.69, 9.17) is 11.6 Å². The number of aromatic nitrogens is 1. The molecule has 0 N–H and O–H groups in total. The van der Waals surface area contributed by atoms with Crippen LogP contribution in [0.15, 0.2) is 16.7 Å². The first-order valence-corrected chi connectivity index (χ1v) is 8.23. The van der Waals surface area contributed by atoms with Gasteiger partial charge < -0.3 is 4.90 Å². The number of hydrogen-bond donors (Lipinski definition) is 0. The van der Waals surface area contributed by atoms with Gasteiger partial charge in [-0.2, -0.15) is 0 Å². The Hall–Kier alpha value is 0.420. The van der Waals surface area contributed by atoms with Gasteiger partial charge in [0.05, 0.1) is 5.02 Å². The van der Waals surface area contributed by atoms with Crippen molar-refractivity contribution in [2.75, 3.05) is 29.5 Å². The quantitative estimate of drug-likeness (QED) is 0.732. The van der Waals surface area contributed by atoms with Crippen LogP contribution in [0, 0.1) is 0 Å². The zero-order valence-electron chi connectivity index (χ0n) is 7.95. The minimum absolute atomic E-state index is 0.723. The molecule has 2 rings (SSSR count). The standard InChI is InChI=1S/C9H10BrClN2S2/c10-7-5-8(11)9(12-6-7)13-1-3-14-15-4-2-13/h5-6H,1-4H2. The predicted molar refractivity (Wildman–Crippen MR) is 74.1 cm³/mol. The lowest BCUT2D eigenvalue weighted by molar-refractivity contribution is 0.862. The molecule has 0 aliphatic carbocycles. The molecule has 1 aliphatic rings. The minimum Gasteiger partial charge on any atom is -0.354 e. The Morgan fingerprint density at radius 1 is 1.33 bits per heavy atom. The fourth-order valence-corrected chi connectivity index (χ4v) is 4.11. The van der Waals surface area contributed by atoms with Crippen molar-refractivity contribution < 1.29 is 0 Å². The molecule has 1 aromatic rings. The molecule has 0 spiro atoms. The Labute approximate surface area is 111 Å². The maximum atomic E-state index is 6.17. The van der Waals surface area contributed by atoms with Crippen LogP contribution in [0.25, 0.3) is 0 Å². The highest BCUT2D eigenvalue weighted by atomic mass is 79.9. The molecule has 1 saturated heterocycles. The summed E-state index contributed by atoms with van der Waals surface area (Å²) in [6.45, 7) is 2.04. The summed E-state index contributed by atoms with van der Waals surface area (Å²) in [4.78, 5) is 6.62. The topological polar surface area (TPSA) is 16.1 Å². The third-order valence-electron chi connectivity index (χ3n) is 2.06. The molecular formula is C9H10BrClN2S2. The van der Waals surface area contributed by atoms with E-state index in [1.165, 1.54) is 0 Å². The van der Waals surface area contributed by atoms with Crippen LogP contribution in [0.4, 0.5) is 5.82 Å². The summed E-state index contributed by atoms with van der Waals surface area (Å²) in [5, 5.41) is 0.723. The highest BCUT2D eigenvalue weighted by Crippen LogP contribution is 2.30. The van der Waals surface area contributed by atoms with Gasteiger partial charge in [-0.05, 0) is 22.0 Å². The number of rotatable bonds is 1. The van der Waals surface area contributed by atoms with Crippen molar-refractivity contribution in [2.45, 2.75) is 0 Å². The fourth-order valence-electron chi connectivity index (χ4n) is 1.38. The fraction of sp³-hybridized carbons (Fsp3) is 0.444. The van der Waals surface area contributed by atoms with Gasteiger partial charge in [0.2, 0.25) is 0 Å². The summed E-state index contributed by atoms with van der Waals surface area (Å²) < 4.78 is 0.926. The van der Waals surface area contributed by atoms with Crippen LogP contribution in [-0.2, 0) is 0 Å². The van der Waals surface area contributed by atoms with Crippen LogP contribution in [-0.4, -0.2) is 29.6 Å². The van der Waals surface area contributed by atoms with E-state index in [2.05, 4.69) is 25.8 Å². The van der Waals surface area contributed by atoms with E-state index in [0.717, 1.165) is 39.9 Å². The Morgan fingerprint density at radius 3 is 2.60 bits per heavy atom. The normalized spacial score (nSPS) is 17.6. The van der Waals surface area contributed by atoms with Crippen LogP contribution in [0.3, 0.4) is 0 Å². The lowest BCUT2D eigenvalue weighted by Crippen LogP contribution is -2.27. The van der Waals surface area contributed by atoms with E-state index in [1.54, 1.807) is 6.20 Å². The SMILES string of the molecule is Clc1cc(Br)cnc1N1CCSSCC1. The molecule has 1 fully saturated rings. The maximum absolute atomic E-state index is 6.17. The van der Waals surface area contributed by atoms with Gasteiger partial charge in [0.15, 0.2) is 0 Å². The number of halogens is 2. The summed E-state index contributed by atoms with van der Waals surface area (Å²) in [7, 11) is 3.84. The Kier molecular flexibility index (Phi) is 4.49. The van der Waals surface area contributed by atoms with Crippen molar-refractivity contribution in [2.24, 2.45) is 0 Å². The van der Waals surface area contributed by atoms with Gasteiger partial charge in [-0.25, -0.2) is 4.98 Å². The van der Waals surface area contributed by atoms with Crippen molar-refractivity contribution in [1.29, 1.82) is 0 Å². The van der Waals surface area contributed by atoms with Gasteiger partial charge in [-0.3, -0.25) is 0 Å². The first kappa shape index (κ1) is 11.9. The van der Waals surface area contributed by atoms with E-state index >= 15 is 0 Å². The summed E-state index contributed by atoms with van der Waals surface area (Å²) in [6.07, 6.45) is 1.80. The average molecular weight is 326 g/mol. The van der Waals surface area contributed by atoms with E-state index in [9.17, 15) is 0 Å². The molecule has 0 atom stereocenters. The number of hydrogen-bond acceptors (Lipinski definition) is 4. The molecule has 0 radical (unpaired) electrons. The zero-order chi connectivity index (χ0) is 10.7. The first-order valence-electron chi connectivity index (χ1n) is 4.58. The highest BCUT2D eigenvalue weighted by Gasteiger charge is 2.14. The highest BCUT2D eigenvalue weighted by molar-refractivity contribution is 9.10. The second kappa shape index (κ2) is 5.66. The van der Waals surface area contributed by atoms with Crippen molar-refractivity contribution in [1.82, 2.24) is 4.98 Å². The van der Waals surface area contributed by atoms with Gasteiger partial charge in [-0.15, -0.1) is 0 Å². The van der Waals surface area contributed by atoms with Crippen molar-refractivity contribution in [3.8, 4) is 0 Å². The molecule has 1 aromatic heterocycles. The monoisotopic (exact) mass is 324 g/mol. The molecule has 0 bridgehead atoms. The lowest BCUT2D eigenvalue weighted by atomic mass is 10.4. The summed E-state index contributed by atoms with van der Waals surface area (Å²) >= 11 is 9.53.